The van der Waals surface area contributed by atoms with Crippen molar-refractivity contribution in [2.75, 3.05) is 0 Å². The van der Waals surface area contributed by atoms with Gasteiger partial charge in [-0.05, 0) is 38.5 Å². The molecule has 0 aromatic rings. The summed E-state index contributed by atoms with van der Waals surface area (Å²) in [6, 6.07) is 0. The van der Waals surface area contributed by atoms with Crippen molar-refractivity contribution in [1.82, 2.24) is 0 Å². The van der Waals surface area contributed by atoms with Gasteiger partial charge >= 0.3 is 11.9 Å². The van der Waals surface area contributed by atoms with Gasteiger partial charge in [-0.3, -0.25) is 9.59 Å². The van der Waals surface area contributed by atoms with Crippen LogP contribution in [0.2, 0.25) is 0 Å². The van der Waals surface area contributed by atoms with E-state index in [4.69, 9.17) is 0 Å². The lowest BCUT2D eigenvalue weighted by molar-refractivity contribution is -0.151. The molecule has 0 amide bonds. The van der Waals surface area contributed by atoms with Crippen LogP contribution in [0, 0.1) is 10.8 Å². The van der Waals surface area contributed by atoms with Crippen molar-refractivity contribution in [3.05, 3.63) is 0 Å². The molecule has 0 rings (SSSR count). The Labute approximate surface area is 116 Å². The van der Waals surface area contributed by atoms with Crippen LogP contribution >= 0.6 is 0 Å². The van der Waals surface area contributed by atoms with E-state index in [9.17, 15) is 19.8 Å². The molecule has 0 heterocycles. The lowest BCUT2D eigenvalue weighted by Crippen LogP contribution is -2.32. The van der Waals surface area contributed by atoms with E-state index < -0.39 is 22.8 Å². The Morgan fingerprint density at radius 3 is 1.16 bits per heavy atom. The molecule has 0 saturated heterocycles. The van der Waals surface area contributed by atoms with Crippen molar-refractivity contribution in [2.24, 2.45) is 10.8 Å². The molecule has 0 aliphatic rings. The van der Waals surface area contributed by atoms with E-state index in [-0.39, 0.29) is 0 Å². The number of hydrogen-bond acceptors (Lipinski definition) is 2. The van der Waals surface area contributed by atoms with E-state index in [1.54, 1.807) is 0 Å². The minimum absolute atomic E-state index is 0.560. The van der Waals surface area contributed by atoms with E-state index in [1.165, 1.54) is 0 Å². The van der Waals surface area contributed by atoms with Gasteiger partial charge in [0.25, 0.3) is 0 Å². The third-order valence-electron chi connectivity index (χ3n) is 4.93. The minimum Gasteiger partial charge on any atom is -0.481 e. The molecule has 0 unspecified atom stereocenters. The second-order valence-electron chi connectivity index (χ2n) is 5.44. The third kappa shape index (κ3) is 3.95. The van der Waals surface area contributed by atoms with Crippen molar-refractivity contribution >= 4 is 11.9 Å². The van der Waals surface area contributed by atoms with Crippen molar-refractivity contribution in [1.29, 1.82) is 0 Å². The monoisotopic (exact) mass is 272 g/mol. The maximum absolute atomic E-state index is 11.4. The van der Waals surface area contributed by atoms with Gasteiger partial charge in [0.15, 0.2) is 0 Å². The van der Waals surface area contributed by atoms with Crippen molar-refractivity contribution < 1.29 is 19.8 Å². The van der Waals surface area contributed by atoms with Crippen LogP contribution in [-0.4, -0.2) is 22.2 Å². The Bertz CT molecular complexity index is 271. The van der Waals surface area contributed by atoms with Crippen molar-refractivity contribution in [3.63, 3.8) is 0 Å². The molecule has 0 fully saturated rings. The van der Waals surface area contributed by atoms with Crippen LogP contribution in [0.1, 0.15) is 72.6 Å². The average molecular weight is 272 g/mol. The maximum atomic E-state index is 11.4. The third-order valence-corrected chi connectivity index (χ3v) is 4.93. The maximum Gasteiger partial charge on any atom is 0.309 e. The van der Waals surface area contributed by atoms with E-state index in [0.717, 1.165) is 0 Å². The summed E-state index contributed by atoms with van der Waals surface area (Å²) in [6.45, 7) is 7.56. The molecule has 2 N–H and O–H groups in total. The zero-order chi connectivity index (χ0) is 15.1. The van der Waals surface area contributed by atoms with Crippen LogP contribution in [0.25, 0.3) is 0 Å². The summed E-state index contributed by atoms with van der Waals surface area (Å²) in [6.07, 6.45) is 4.15. The highest BCUT2D eigenvalue weighted by molar-refractivity contribution is 5.75. The first-order chi connectivity index (χ1) is 8.84. The number of rotatable bonds is 10. The summed E-state index contributed by atoms with van der Waals surface area (Å²) < 4.78 is 0. The van der Waals surface area contributed by atoms with E-state index >= 15 is 0 Å². The van der Waals surface area contributed by atoms with Crippen LogP contribution in [0.4, 0.5) is 0 Å². The quantitative estimate of drug-likeness (QED) is 0.631. The number of carboxylic acids is 2. The Morgan fingerprint density at radius 2 is 1.00 bits per heavy atom. The molecule has 0 saturated carbocycles. The predicted octanol–water partition coefficient (Wildman–Crippen LogP) is 3.94. The first-order valence-electron chi connectivity index (χ1n) is 7.31. The zero-order valence-corrected chi connectivity index (χ0v) is 12.7. The Kier molecular flexibility index (Phi) is 7.09. The minimum atomic E-state index is -0.758. The lowest BCUT2D eigenvalue weighted by Gasteiger charge is -2.30. The standard InChI is InChI=1S/C15H28O4/c1-5-14(6-2,12(16)17)10-9-11-15(7-3,8-4)13(18)19/h5-11H2,1-4H3,(H,16,17)(H,18,19). The highest BCUT2D eigenvalue weighted by Crippen LogP contribution is 2.38. The van der Waals surface area contributed by atoms with Crippen molar-refractivity contribution in [2.45, 2.75) is 72.6 Å². The molecule has 0 atom stereocenters. The first kappa shape index (κ1) is 17.9. The van der Waals surface area contributed by atoms with Gasteiger partial charge in [-0.25, -0.2) is 0 Å². The summed E-state index contributed by atoms with van der Waals surface area (Å²) in [5, 5.41) is 18.7. The molecule has 0 aliphatic heterocycles. The molecule has 4 nitrogen and oxygen atoms in total. The number of carbonyl (C=O) groups is 2. The van der Waals surface area contributed by atoms with Crippen LogP contribution in [0.3, 0.4) is 0 Å². The first-order valence-corrected chi connectivity index (χ1v) is 7.31. The Morgan fingerprint density at radius 1 is 0.737 bits per heavy atom. The fourth-order valence-electron chi connectivity index (χ4n) is 2.79. The van der Waals surface area contributed by atoms with Gasteiger partial charge in [0, 0.05) is 0 Å². The molecule has 19 heavy (non-hydrogen) atoms. The van der Waals surface area contributed by atoms with Gasteiger partial charge in [0.05, 0.1) is 10.8 Å². The number of hydrogen-bond donors (Lipinski definition) is 2. The fraction of sp³-hybridized carbons (Fsp3) is 0.867. The second kappa shape index (κ2) is 7.51. The van der Waals surface area contributed by atoms with Crippen molar-refractivity contribution in [3.8, 4) is 0 Å². The molecular weight excluding hydrogens is 244 g/mol. The van der Waals surface area contributed by atoms with E-state index in [1.807, 2.05) is 27.7 Å². The van der Waals surface area contributed by atoms with Crippen LogP contribution in [-0.2, 0) is 9.59 Å². The molecular formula is C15H28O4. The summed E-state index contributed by atoms with van der Waals surface area (Å²) in [4.78, 5) is 22.8. The summed E-state index contributed by atoms with van der Waals surface area (Å²) in [7, 11) is 0. The Hall–Kier alpha value is -1.06. The fourth-order valence-corrected chi connectivity index (χ4v) is 2.79. The number of aliphatic carboxylic acids is 2. The van der Waals surface area contributed by atoms with Gasteiger partial charge in [0.2, 0.25) is 0 Å². The zero-order valence-electron chi connectivity index (χ0n) is 12.7. The topological polar surface area (TPSA) is 74.6 Å². The smallest absolute Gasteiger partial charge is 0.309 e. The SMILES string of the molecule is CCC(CC)(CCCC(CC)(CC)C(=O)O)C(=O)O. The van der Waals surface area contributed by atoms with E-state index in [0.29, 0.717) is 44.9 Å². The van der Waals surface area contributed by atoms with Crippen LogP contribution < -0.4 is 0 Å². The summed E-state index contributed by atoms with van der Waals surface area (Å²) in [5.74, 6) is -1.52. The molecule has 4 heteroatoms. The summed E-state index contributed by atoms with van der Waals surface area (Å²) >= 11 is 0. The van der Waals surface area contributed by atoms with Gasteiger partial charge < -0.3 is 10.2 Å². The normalized spacial score (nSPS) is 12.4. The van der Waals surface area contributed by atoms with Gasteiger partial charge in [-0.2, -0.15) is 0 Å². The molecule has 0 aromatic carbocycles. The molecule has 112 valence electrons. The molecule has 0 aromatic heterocycles. The van der Waals surface area contributed by atoms with Gasteiger partial charge in [-0.15, -0.1) is 0 Å². The van der Waals surface area contributed by atoms with Crippen LogP contribution in [0.5, 0.6) is 0 Å². The highest BCUT2D eigenvalue weighted by atomic mass is 16.4. The van der Waals surface area contributed by atoms with Crippen LogP contribution in [0.15, 0.2) is 0 Å². The summed E-state index contributed by atoms with van der Waals surface area (Å²) in [5.41, 5.74) is -1.38. The predicted molar refractivity (Wildman–Crippen MR) is 75.2 cm³/mol. The Balaban J connectivity index is 4.72. The second-order valence-corrected chi connectivity index (χ2v) is 5.44. The molecule has 0 spiro atoms. The lowest BCUT2D eigenvalue weighted by atomic mass is 9.73. The highest BCUT2D eigenvalue weighted by Gasteiger charge is 2.38. The van der Waals surface area contributed by atoms with E-state index in [2.05, 4.69) is 0 Å². The average Bonchev–Trinajstić information content (AvgIpc) is 2.39. The van der Waals surface area contributed by atoms with Gasteiger partial charge in [0.1, 0.15) is 0 Å². The van der Waals surface area contributed by atoms with Gasteiger partial charge in [-0.1, -0.05) is 34.1 Å². The number of carboxylic acid groups (broad SMARTS) is 2. The molecule has 0 radical (unpaired) electrons. The largest absolute Gasteiger partial charge is 0.481 e. The molecule has 0 bridgehead atoms. The molecule has 0 aliphatic carbocycles.